The van der Waals surface area contributed by atoms with Crippen molar-refractivity contribution in [3.05, 3.63) is 29.8 Å². The van der Waals surface area contributed by atoms with Crippen LogP contribution in [0, 0.1) is 11.7 Å². The van der Waals surface area contributed by atoms with E-state index >= 15 is 0 Å². The van der Waals surface area contributed by atoms with Crippen LogP contribution in [0.3, 0.4) is 0 Å². The van der Waals surface area contributed by atoms with Crippen LogP contribution >= 0.6 is 0 Å². The van der Waals surface area contributed by atoms with Crippen LogP contribution in [0.1, 0.15) is 12.1 Å². The van der Waals surface area contributed by atoms with Crippen molar-refractivity contribution in [1.29, 1.82) is 0 Å². The fourth-order valence-electron chi connectivity index (χ4n) is 2.59. The molecular formula is C14H20FN3O2. The van der Waals surface area contributed by atoms with Crippen molar-refractivity contribution in [3.8, 4) is 0 Å². The average molecular weight is 281 g/mol. The fourth-order valence-corrected chi connectivity index (χ4v) is 2.59. The van der Waals surface area contributed by atoms with Crippen LogP contribution in [0.5, 0.6) is 0 Å². The Hall–Kier alpha value is -1.53. The van der Waals surface area contributed by atoms with Crippen molar-refractivity contribution in [3.63, 3.8) is 0 Å². The van der Waals surface area contributed by atoms with Gasteiger partial charge in [-0.05, 0) is 12.1 Å². The number of hydrogen-bond donors (Lipinski definition) is 1. The molecule has 1 saturated heterocycles. The number of pyridine rings is 1. The summed E-state index contributed by atoms with van der Waals surface area (Å²) in [6.07, 6.45) is 1.73. The van der Waals surface area contributed by atoms with Crippen LogP contribution in [-0.2, 0) is 16.1 Å². The van der Waals surface area contributed by atoms with Gasteiger partial charge in [0.05, 0.1) is 18.0 Å². The minimum atomic E-state index is -0.331. The van der Waals surface area contributed by atoms with E-state index in [0.29, 0.717) is 13.0 Å². The lowest BCUT2D eigenvalue weighted by Crippen LogP contribution is -2.28. The molecule has 110 valence electrons. The molecule has 1 aromatic rings. The van der Waals surface area contributed by atoms with E-state index in [4.69, 9.17) is 4.74 Å². The second-order valence-electron chi connectivity index (χ2n) is 5.07. The molecule has 0 bridgehead atoms. The molecule has 2 atom stereocenters. The first kappa shape index (κ1) is 14.9. The Labute approximate surface area is 118 Å². The summed E-state index contributed by atoms with van der Waals surface area (Å²) in [7, 11) is 3.31. The van der Waals surface area contributed by atoms with Crippen molar-refractivity contribution in [2.75, 3.05) is 27.2 Å². The summed E-state index contributed by atoms with van der Waals surface area (Å²) in [5, 5.41) is 2.64. The number of methoxy groups -OCH3 is 1. The summed E-state index contributed by atoms with van der Waals surface area (Å²) < 4.78 is 18.3. The molecule has 2 heterocycles. The van der Waals surface area contributed by atoms with Gasteiger partial charge in [-0.3, -0.25) is 14.7 Å². The molecule has 0 radical (unpaired) electrons. The highest BCUT2D eigenvalue weighted by Gasteiger charge is 2.34. The molecule has 20 heavy (non-hydrogen) atoms. The number of hydrogen-bond acceptors (Lipinski definition) is 4. The lowest BCUT2D eigenvalue weighted by Gasteiger charge is -2.15. The quantitative estimate of drug-likeness (QED) is 0.867. The summed E-state index contributed by atoms with van der Waals surface area (Å²) in [5.41, 5.74) is 0.821. The Bertz CT molecular complexity index is 452. The Morgan fingerprint density at radius 3 is 2.95 bits per heavy atom. The Balaban J connectivity index is 1.94. The Morgan fingerprint density at radius 1 is 1.55 bits per heavy atom. The van der Waals surface area contributed by atoms with Crippen LogP contribution < -0.4 is 5.32 Å². The van der Waals surface area contributed by atoms with Crippen molar-refractivity contribution in [2.45, 2.75) is 19.1 Å². The van der Waals surface area contributed by atoms with Crippen LogP contribution in [0.4, 0.5) is 4.39 Å². The van der Waals surface area contributed by atoms with Crippen LogP contribution in [0.2, 0.25) is 0 Å². The third-order valence-corrected chi connectivity index (χ3v) is 3.66. The molecule has 0 saturated carbocycles. The number of carbonyl (C=O) groups excluding carboxylic acids is 1. The van der Waals surface area contributed by atoms with Crippen molar-refractivity contribution >= 4 is 5.91 Å². The van der Waals surface area contributed by atoms with Gasteiger partial charge in [0.15, 0.2) is 0 Å². The monoisotopic (exact) mass is 281 g/mol. The van der Waals surface area contributed by atoms with E-state index < -0.39 is 0 Å². The number of ether oxygens (including phenoxy) is 1. The van der Waals surface area contributed by atoms with Gasteiger partial charge in [0.2, 0.25) is 5.91 Å². The number of carbonyl (C=O) groups is 1. The second-order valence-corrected chi connectivity index (χ2v) is 5.07. The largest absolute Gasteiger partial charge is 0.380 e. The number of amides is 1. The molecule has 5 nitrogen and oxygen atoms in total. The SMILES string of the molecule is CNC(=O)C[C@@H]1CN(Cc2ccc(F)cn2)C[C@@H]1OC. The maximum Gasteiger partial charge on any atom is 0.220 e. The van der Waals surface area contributed by atoms with Gasteiger partial charge in [-0.15, -0.1) is 0 Å². The number of likely N-dealkylation sites (tertiary alicyclic amines) is 1. The molecule has 0 aromatic carbocycles. The Morgan fingerprint density at radius 2 is 2.35 bits per heavy atom. The number of halogens is 1. The first-order valence-corrected chi connectivity index (χ1v) is 6.68. The summed E-state index contributed by atoms with van der Waals surface area (Å²) in [5.74, 6) is -0.123. The predicted octanol–water partition coefficient (Wildman–Crippen LogP) is 0.804. The molecule has 0 unspecified atom stereocenters. The van der Waals surface area contributed by atoms with Gasteiger partial charge in [-0.25, -0.2) is 4.39 Å². The maximum absolute atomic E-state index is 12.8. The molecule has 1 aliphatic heterocycles. The summed E-state index contributed by atoms with van der Waals surface area (Å²) in [4.78, 5) is 17.7. The smallest absolute Gasteiger partial charge is 0.220 e. The first-order valence-electron chi connectivity index (χ1n) is 6.68. The van der Waals surface area contributed by atoms with Crippen LogP contribution in [0.15, 0.2) is 18.3 Å². The zero-order chi connectivity index (χ0) is 14.5. The van der Waals surface area contributed by atoms with Gasteiger partial charge < -0.3 is 10.1 Å². The van der Waals surface area contributed by atoms with E-state index in [0.717, 1.165) is 18.8 Å². The third kappa shape index (κ3) is 3.74. The summed E-state index contributed by atoms with van der Waals surface area (Å²) >= 11 is 0. The van der Waals surface area contributed by atoms with Crippen LogP contribution in [0.25, 0.3) is 0 Å². The molecule has 1 fully saturated rings. The molecule has 0 aliphatic carbocycles. The van der Waals surface area contributed by atoms with Gasteiger partial charge in [0.1, 0.15) is 5.82 Å². The van der Waals surface area contributed by atoms with Gasteiger partial charge in [-0.1, -0.05) is 0 Å². The molecule has 6 heteroatoms. The van der Waals surface area contributed by atoms with E-state index in [2.05, 4.69) is 15.2 Å². The van der Waals surface area contributed by atoms with Crippen molar-refractivity contribution < 1.29 is 13.9 Å². The average Bonchev–Trinajstić information content (AvgIpc) is 2.83. The van der Waals surface area contributed by atoms with E-state index in [9.17, 15) is 9.18 Å². The number of nitrogens with one attached hydrogen (secondary N) is 1. The highest BCUT2D eigenvalue weighted by atomic mass is 19.1. The lowest BCUT2D eigenvalue weighted by molar-refractivity contribution is -0.122. The standard InChI is InChI=1S/C14H20FN3O2/c1-16-14(19)5-10-7-18(9-13(10)20-2)8-12-4-3-11(15)6-17-12/h3-4,6,10,13H,5,7-9H2,1-2H3,(H,16,19)/t10-,13+/m1/s1. The van der Waals surface area contributed by atoms with Gasteiger partial charge >= 0.3 is 0 Å². The number of aromatic nitrogens is 1. The molecule has 0 spiro atoms. The zero-order valence-corrected chi connectivity index (χ0v) is 11.8. The van der Waals surface area contributed by atoms with E-state index in [1.165, 1.54) is 12.3 Å². The normalized spacial score (nSPS) is 22.9. The molecule has 2 rings (SSSR count). The van der Waals surface area contributed by atoms with Gasteiger partial charge in [-0.2, -0.15) is 0 Å². The highest BCUT2D eigenvalue weighted by Crippen LogP contribution is 2.23. The molecule has 1 N–H and O–H groups in total. The summed E-state index contributed by atoms with van der Waals surface area (Å²) in [6, 6.07) is 3.09. The molecule has 1 aromatic heterocycles. The minimum Gasteiger partial charge on any atom is -0.380 e. The lowest BCUT2D eigenvalue weighted by atomic mass is 10.0. The molecular weight excluding hydrogens is 261 g/mol. The first-order chi connectivity index (χ1) is 9.62. The topological polar surface area (TPSA) is 54.5 Å². The molecule has 1 aliphatic rings. The highest BCUT2D eigenvalue weighted by molar-refractivity contribution is 5.75. The third-order valence-electron chi connectivity index (χ3n) is 3.66. The Kier molecular flexibility index (Phi) is 5.03. The van der Waals surface area contributed by atoms with Gasteiger partial charge in [0.25, 0.3) is 0 Å². The minimum absolute atomic E-state index is 0.0267. The molecule has 1 amide bonds. The number of rotatable bonds is 5. The van der Waals surface area contributed by atoms with Crippen LogP contribution in [-0.4, -0.2) is 49.1 Å². The van der Waals surface area contributed by atoms with E-state index in [-0.39, 0.29) is 23.7 Å². The number of nitrogens with zero attached hydrogens (tertiary/aromatic N) is 2. The fraction of sp³-hybridized carbons (Fsp3) is 0.571. The maximum atomic E-state index is 12.8. The van der Waals surface area contributed by atoms with Crippen molar-refractivity contribution in [2.24, 2.45) is 5.92 Å². The van der Waals surface area contributed by atoms with E-state index in [1.54, 1.807) is 20.2 Å². The van der Waals surface area contributed by atoms with E-state index in [1.807, 2.05) is 0 Å². The van der Waals surface area contributed by atoms with Gasteiger partial charge in [0, 0.05) is 46.1 Å². The summed E-state index contributed by atoms with van der Waals surface area (Å²) in [6.45, 7) is 2.19. The van der Waals surface area contributed by atoms with Crippen molar-refractivity contribution in [1.82, 2.24) is 15.2 Å². The zero-order valence-electron chi connectivity index (χ0n) is 11.8. The second kappa shape index (κ2) is 6.76. The predicted molar refractivity (Wildman–Crippen MR) is 72.4 cm³/mol.